The lowest BCUT2D eigenvalue weighted by molar-refractivity contribution is -0.119. The van der Waals surface area contributed by atoms with Gasteiger partial charge >= 0.3 is 0 Å². The third-order valence-electron chi connectivity index (χ3n) is 2.16. The van der Waals surface area contributed by atoms with Crippen LogP contribution in [0.3, 0.4) is 0 Å². The van der Waals surface area contributed by atoms with E-state index in [1.807, 2.05) is 6.92 Å². The lowest BCUT2D eigenvalue weighted by Crippen LogP contribution is -2.22. The Morgan fingerprint density at radius 3 is 2.50 bits per heavy atom. The number of benzene rings is 1. The Kier molecular flexibility index (Phi) is 2.46. The first-order chi connectivity index (χ1) is 6.66. The van der Waals surface area contributed by atoms with Crippen LogP contribution in [0, 0.1) is 5.82 Å². The van der Waals surface area contributed by atoms with Crippen molar-refractivity contribution >= 4 is 17.7 Å². The van der Waals surface area contributed by atoms with Crippen LogP contribution in [0.5, 0.6) is 0 Å². The van der Waals surface area contributed by atoms with Gasteiger partial charge in [-0.2, -0.15) is 0 Å². The summed E-state index contributed by atoms with van der Waals surface area (Å²) >= 11 is 1.55. The van der Waals surface area contributed by atoms with Crippen molar-refractivity contribution in [2.24, 2.45) is 0 Å². The fraction of sp³-hybridized carbons (Fsp3) is 0.300. The molecule has 2 rings (SSSR count). The summed E-state index contributed by atoms with van der Waals surface area (Å²) in [4.78, 5) is 11.2. The van der Waals surface area contributed by atoms with E-state index in [9.17, 15) is 9.18 Å². The number of nitrogens with one attached hydrogen (secondary N) is 1. The molecule has 0 bridgehead atoms. The van der Waals surface area contributed by atoms with Gasteiger partial charge in [-0.25, -0.2) is 4.39 Å². The molecule has 1 N–H and O–H groups in total. The van der Waals surface area contributed by atoms with Gasteiger partial charge in [-0.1, -0.05) is 12.1 Å². The minimum absolute atomic E-state index is 0.0231. The summed E-state index contributed by atoms with van der Waals surface area (Å²) in [5, 5.41) is 2.79. The van der Waals surface area contributed by atoms with Gasteiger partial charge in [-0.05, 0) is 24.6 Å². The lowest BCUT2D eigenvalue weighted by Gasteiger charge is -2.08. The Hall–Kier alpha value is -1.03. The average molecular weight is 211 g/mol. The number of thioether (sulfide) groups is 1. The van der Waals surface area contributed by atoms with Crippen LogP contribution in [0.1, 0.15) is 17.9 Å². The monoisotopic (exact) mass is 211 g/mol. The molecular formula is C10H10FNOS. The number of amides is 1. The molecule has 1 saturated heterocycles. The highest BCUT2D eigenvalue weighted by atomic mass is 32.2. The number of halogens is 1. The number of rotatable bonds is 1. The minimum atomic E-state index is -0.254. The smallest absolute Gasteiger partial charge is 0.234 e. The van der Waals surface area contributed by atoms with Gasteiger partial charge < -0.3 is 5.32 Å². The van der Waals surface area contributed by atoms with Crippen LogP contribution in [-0.4, -0.2) is 11.2 Å². The van der Waals surface area contributed by atoms with E-state index in [1.54, 1.807) is 23.9 Å². The molecule has 1 aromatic carbocycles. The van der Waals surface area contributed by atoms with Crippen molar-refractivity contribution in [3.8, 4) is 0 Å². The largest absolute Gasteiger partial charge is 0.339 e. The fourth-order valence-corrected chi connectivity index (χ4v) is 2.44. The normalized spacial score (nSPS) is 26.3. The van der Waals surface area contributed by atoms with Crippen LogP contribution in [0.15, 0.2) is 24.3 Å². The molecule has 1 fully saturated rings. The maximum absolute atomic E-state index is 12.6. The molecule has 1 aliphatic rings. The summed E-state index contributed by atoms with van der Waals surface area (Å²) in [5.74, 6) is -0.208. The molecule has 0 spiro atoms. The van der Waals surface area contributed by atoms with Gasteiger partial charge in [0.05, 0.1) is 5.25 Å². The Balaban J connectivity index is 2.17. The van der Waals surface area contributed by atoms with E-state index in [1.165, 1.54) is 12.1 Å². The van der Waals surface area contributed by atoms with Gasteiger partial charge in [0, 0.05) is 0 Å². The molecule has 1 aliphatic heterocycles. The van der Waals surface area contributed by atoms with E-state index in [-0.39, 0.29) is 22.3 Å². The van der Waals surface area contributed by atoms with Gasteiger partial charge in [0.15, 0.2) is 0 Å². The Bertz CT molecular complexity index is 352. The SMILES string of the molecule is C[C@H]1S[C@H](c2ccc(F)cc2)NC1=O. The molecule has 14 heavy (non-hydrogen) atoms. The first-order valence-electron chi connectivity index (χ1n) is 4.38. The van der Waals surface area contributed by atoms with Gasteiger partial charge in [0.1, 0.15) is 11.2 Å². The van der Waals surface area contributed by atoms with Gasteiger partial charge in [-0.15, -0.1) is 11.8 Å². The van der Waals surface area contributed by atoms with Gasteiger partial charge in [0.2, 0.25) is 5.91 Å². The topological polar surface area (TPSA) is 29.1 Å². The minimum Gasteiger partial charge on any atom is -0.339 e. The first-order valence-corrected chi connectivity index (χ1v) is 5.32. The van der Waals surface area contributed by atoms with E-state index < -0.39 is 0 Å². The number of hydrogen-bond donors (Lipinski definition) is 1. The van der Waals surface area contributed by atoms with E-state index in [4.69, 9.17) is 0 Å². The van der Waals surface area contributed by atoms with Crippen molar-refractivity contribution in [3.63, 3.8) is 0 Å². The molecule has 0 aliphatic carbocycles. The third kappa shape index (κ3) is 1.75. The molecule has 2 atom stereocenters. The molecule has 4 heteroatoms. The molecule has 0 radical (unpaired) electrons. The van der Waals surface area contributed by atoms with Crippen molar-refractivity contribution in [2.75, 3.05) is 0 Å². The predicted octanol–water partition coefficient (Wildman–Crippen LogP) is 2.08. The highest BCUT2D eigenvalue weighted by molar-refractivity contribution is 8.01. The van der Waals surface area contributed by atoms with Gasteiger partial charge in [-0.3, -0.25) is 4.79 Å². The van der Waals surface area contributed by atoms with Gasteiger partial charge in [0.25, 0.3) is 0 Å². The summed E-state index contributed by atoms with van der Waals surface area (Å²) in [5.41, 5.74) is 0.939. The molecular weight excluding hydrogens is 201 g/mol. The summed E-state index contributed by atoms with van der Waals surface area (Å²) < 4.78 is 12.6. The second kappa shape index (κ2) is 3.61. The molecule has 1 heterocycles. The van der Waals surface area contributed by atoms with E-state index >= 15 is 0 Å². The molecule has 74 valence electrons. The Labute approximate surface area is 85.9 Å². The molecule has 1 aromatic rings. The summed E-state index contributed by atoms with van der Waals surface area (Å²) in [6, 6.07) is 6.21. The van der Waals surface area contributed by atoms with Crippen LogP contribution < -0.4 is 5.32 Å². The van der Waals surface area contributed by atoms with Crippen LogP contribution in [0.25, 0.3) is 0 Å². The van der Waals surface area contributed by atoms with E-state index in [2.05, 4.69) is 5.32 Å². The van der Waals surface area contributed by atoms with Crippen molar-refractivity contribution in [1.82, 2.24) is 5.32 Å². The standard InChI is InChI=1S/C10H10FNOS/c1-6-9(13)12-10(14-6)7-2-4-8(11)5-3-7/h2-6,10H,1H3,(H,12,13)/t6-,10-/m1/s1. The molecule has 2 nitrogen and oxygen atoms in total. The van der Waals surface area contributed by atoms with Crippen LogP contribution in [0.2, 0.25) is 0 Å². The second-order valence-corrected chi connectivity index (χ2v) is 4.67. The number of carbonyl (C=O) groups is 1. The molecule has 0 aromatic heterocycles. The van der Waals surface area contributed by atoms with Crippen molar-refractivity contribution in [3.05, 3.63) is 35.6 Å². The quantitative estimate of drug-likeness (QED) is 0.770. The third-order valence-corrected chi connectivity index (χ3v) is 3.44. The Morgan fingerprint density at radius 2 is 2.00 bits per heavy atom. The van der Waals surface area contributed by atoms with Crippen LogP contribution in [-0.2, 0) is 4.79 Å². The van der Waals surface area contributed by atoms with Crippen LogP contribution in [0.4, 0.5) is 4.39 Å². The van der Waals surface area contributed by atoms with E-state index in [0.29, 0.717) is 0 Å². The Morgan fingerprint density at radius 1 is 1.36 bits per heavy atom. The summed E-state index contributed by atoms with van der Waals surface area (Å²) in [6.07, 6.45) is 0. The highest BCUT2D eigenvalue weighted by Crippen LogP contribution is 2.35. The number of hydrogen-bond acceptors (Lipinski definition) is 2. The molecule has 0 saturated carbocycles. The average Bonchev–Trinajstić information content (AvgIpc) is 2.48. The molecule has 0 unspecified atom stereocenters. The summed E-state index contributed by atoms with van der Waals surface area (Å²) in [7, 11) is 0. The summed E-state index contributed by atoms with van der Waals surface area (Å²) in [6.45, 7) is 1.86. The molecule has 1 amide bonds. The maximum Gasteiger partial charge on any atom is 0.234 e. The first kappa shape index (κ1) is 9.52. The van der Waals surface area contributed by atoms with Crippen molar-refractivity contribution in [1.29, 1.82) is 0 Å². The van der Waals surface area contributed by atoms with E-state index in [0.717, 1.165) is 5.56 Å². The zero-order chi connectivity index (χ0) is 10.1. The zero-order valence-corrected chi connectivity index (χ0v) is 8.48. The zero-order valence-electron chi connectivity index (χ0n) is 7.66. The maximum atomic E-state index is 12.6. The van der Waals surface area contributed by atoms with Crippen LogP contribution >= 0.6 is 11.8 Å². The fourth-order valence-electron chi connectivity index (χ4n) is 1.35. The lowest BCUT2D eigenvalue weighted by atomic mass is 10.2. The van der Waals surface area contributed by atoms with Crippen molar-refractivity contribution in [2.45, 2.75) is 17.5 Å². The second-order valence-electron chi connectivity index (χ2n) is 3.22. The predicted molar refractivity (Wildman–Crippen MR) is 54.3 cm³/mol. The highest BCUT2D eigenvalue weighted by Gasteiger charge is 2.29. The van der Waals surface area contributed by atoms with Crippen molar-refractivity contribution < 1.29 is 9.18 Å². The number of carbonyl (C=O) groups excluding carboxylic acids is 1.